The molecule has 0 aliphatic carbocycles. The number of anilines is 1. The zero-order valence-electron chi connectivity index (χ0n) is 10.8. The van der Waals surface area contributed by atoms with Gasteiger partial charge in [-0.15, -0.1) is 0 Å². The molecule has 19 heavy (non-hydrogen) atoms. The number of rotatable bonds is 4. The Bertz CT molecular complexity index is 561. The van der Waals surface area contributed by atoms with Gasteiger partial charge in [-0.05, 0) is 18.1 Å². The van der Waals surface area contributed by atoms with Crippen LogP contribution < -0.4 is 5.32 Å². The van der Waals surface area contributed by atoms with Crippen molar-refractivity contribution in [3.05, 3.63) is 34.8 Å². The van der Waals surface area contributed by atoms with Crippen molar-refractivity contribution in [3.8, 4) is 11.3 Å². The van der Waals surface area contributed by atoms with Crippen molar-refractivity contribution in [2.24, 2.45) is 5.92 Å². The van der Waals surface area contributed by atoms with Crippen LogP contribution in [0.1, 0.15) is 20.3 Å². The maximum Gasteiger partial charge on any atom is 0.231 e. The summed E-state index contributed by atoms with van der Waals surface area (Å²) in [5, 5.41) is 6.64. The molecule has 5 heteroatoms. The third-order valence-electron chi connectivity index (χ3n) is 2.51. The molecule has 1 aromatic carbocycles. The topological polar surface area (TPSA) is 55.1 Å². The van der Waals surface area contributed by atoms with Gasteiger partial charge in [-0.25, -0.2) is 0 Å². The van der Waals surface area contributed by atoms with Crippen molar-refractivity contribution < 1.29 is 9.32 Å². The Morgan fingerprint density at radius 1 is 1.37 bits per heavy atom. The van der Waals surface area contributed by atoms with Gasteiger partial charge in [0.2, 0.25) is 11.8 Å². The number of hydrogen-bond acceptors (Lipinski definition) is 3. The summed E-state index contributed by atoms with van der Waals surface area (Å²) in [6.45, 7) is 3.99. The van der Waals surface area contributed by atoms with Crippen LogP contribution in [0.3, 0.4) is 0 Å². The molecule has 0 saturated heterocycles. The van der Waals surface area contributed by atoms with E-state index in [2.05, 4.69) is 26.4 Å². The van der Waals surface area contributed by atoms with Crippen molar-refractivity contribution >= 4 is 27.7 Å². The van der Waals surface area contributed by atoms with Crippen LogP contribution in [0.15, 0.2) is 39.3 Å². The van der Waals surface area contributed by atoms with E-state index in [-0.39, 0.29) is 5.91 Å². The highest BCUT2D eigenvalue weighted by atomic mass is 79.9. The number of amides is 1. The largest absolute Gasteiger partial charge is 0.338 e. The van der Waals surface area contributed by atoms with Crippen LogP contribution in [0.2, 0.25) is 0 Å². The molecule has 1 amide bonds. The Morgan fingerprint density at radius 2 is 2.05 bits per heavy atom. The Kier molecular flexibility index (Phi) is 4.37. The van der Waals surface area contributed by atoms with Gasteiger partial charge in [-0.2, -0.15) is 0 Å². The molecule has 2 aromatic rings. The van der Waals surface area contributed by atoms with Crippen molar-refractivity contribution in [1.82, 2.24) is 5.16 Å². The predicted molar refractivity (Wildman–Crippen MR) is 77.7 cm³/mol. The van der Waals surface area contributed by atoms with Gasteiger partial charge < -0.3 is 4.52 Å². The van der Waals surface area contributed by atoms with Crippen LogP contribution in [0.4, 0.5) is 5.88 Å². The lowest BCUT2D eigenvalue weighted by molar-refractivity contribution is -0.117. The lowest BCUT2D eigenvalue weighted by Crippen LogP contribution is -2.13. The highest BCUT2D eigenvalue weighted by Crippen LogP contribution is 2.23. The van der Waals surface area contributed by atoms with Crippen molar-refractivity contribution in [2.75, 3.05) is 5.32 Å². The second-order valence-electron chi connectivity index (χ2n) is 4.73. The van der Waals surface area contributed by atoms with Gasteiger partial charge in [-0.3, -0.25) is 10.1 Å². The van der Waals surface area contributed by atoms with Gasteiger partial charge >= 0.3 is 0 Å². The van der Waals surface area contributed by atoms with E-state index in [9.17, 15) is 4.79 Å². The number of aromatic nitrogens is 1. The molecule has 1 heterocycles. The maximum absolute atomic E-state index is 11.6. The van der Waals surface area contributed by atoms with Gasteiger partial charge in [-0.1, -0.05) is 47.1 Å². The smallest absolute Gasteiger partial charge is 0.231 e. The minimum absolute atomic E-state index is 0.0616. The molecule has 0 radical (unpaired) electrons. The molecule has 100 valence electrons. The molecule has 2 rings (SSSR count). The molecule has 1 N–H and O–H groups in total. The van der Waals surface area contributed by atoms with E-state index < -0.39 is 0 Å². The van der Waals surface area contributed by atoms with Crippen molar-refractivity contribution in [2.45, 2.75) is 20.3 Å². The van der Waals surface area contributed by atoms with E-state index in [0.29, 0.717) is 23.9 Å². The first-order chi connectivity index (χ1) is 9.04. The van der Waals surface area contributed by atoms with E-state index in [1.807, 2.05) is 38.1 Å². The first kappa shape index (κ1) is 13.8. The van der Waals surface area contributed by atoms with Gasteiger partial charge in [0, 0.05) is 22.5 Å². The molecule has 0 unspecified atom stereocenters. The molecular formula is C14H15BrN2O2. The fourth-order valence-corrected chi connectivity index (χ4v) is 1.91. The normalized spacial score (nSPS) is 10.7. The van der Waals surface area contributed by atoms with E-state index >= 15 is 0 Å². The van der Waals surface area contributed by atoms with Crippen LogP contribution in [0, 0.1) is 5.92 Å². The average Bonchev–Trinajstić information content (AvgIpc) is 2.77. The van der Waals surface area contributed by atoms with Crippen molar-refractivity contribution in [3.63, 3.8) is 0 Å². The minimum atomic E-state index is -0.0616. The summed E-state index contributed by atoms with van der Waals surface area (Å²) in [4.78, 5) is 11.6. The van der Waals surface area contributed by atoms with Crippen LogP contribution in [-0.2, 0) is 4.79 Å². The quantitative estimate of drug-likeness (QED) is 0.922. The second-order valence-corrected chi connectivity index (χ2v) is 5.65. The van der Waals surface area contributed by atoms with Crippen LogP contribution in [0.25, 0.3) is 11.3 Å². The SMILES string of the molecule is CC(C)CC(=O)Nc1cc(-c2ccc(Br)cc2)no1. The molecule has 0 saturated carbocycles. The molecule has 0 aliphatic rings. The van der Waals surface area contributed by atoms with Gasteiger partial charge in [0.05, 0.1) is 0 Å². The molecule has 0 bridgehead atoms. The first-order valence-electron chi connectivity index (χ1n) is 6.07. The fourth-order valence-electron chi connectivity index (χ4n) is 1.65. The Morgan fingerprint density at radius 3 is 2.68 bits per heavy atom. The summed E-state index contributed by atoms with van der Waals surface area (Å²) in [6, 6.07) is 9.45. The summed E-state index contributed by atoms with van der Waals surface area (Å²) in [7, 11) is 0. The summed E-state index contributed by atoms with van der Waals surface area (Å²) < 4.78 is 6.11. The summed E-state index contributed by atoms with van der Waals surface area (Å²) >= 11 is 3.38. The van der Waals surface area contributed by atoms with E-state index in [0.717, 1.165) is 10.0 Å². The molecule has 1 aromatic heterocycles. The van der Waals surface area contributed by atoms with Crippen LogP contribution in [-0.4, -0.2) is 11.1 Å². The standard InChI is InChI=1S/C14H15BrN2O2/c1-9(2)7-13(18)16-14-8-12(17-19-14)10-3-5-11(15)6-4-10/h3-6,8-9H,7H2,1-2H3,(H,16,18). The molecule has 0 aliphatic heterocycles. The Hall–Kier alpha value is -1.62. The number of hydrogen-bond donors (Lipinski definition) is 1. The van der Waals surface area contributed by atoms with Crippen LogP contribution in [0.5, 0.6) is 0 Å². The lowest BCUT2D eigenvalue weighted by atomic mass is 10.1. The number of carbonyl (C=O) groups is 1. The Labute approximate surface area is 120 Å². The predicted octanol–water partition coefficient (Wildman–Crippen LogP) is 4.09. The number of benzene rings is 1. The van der Waals surface area contributed by atoms with Crippen LogP contribution >= 0.6 is 15.9 Å². The monoisotopic (exact) mass is 322 g/mol. The number of nitrogens with zero attached hydrogens (tertiary/aromatic N) is 1. The summed E-state index contributed by atoms with van der Waals surface area (Å²) in [5.41, 5.74) is 1.64. The van der Waals surface area contributed by atoms with Crippen molar-refractivity contribution in [1.29, 1.82) is 0 Å². The zero-order chi connectivity index (χ0) is 13.8. The molecule has 0 fully saturated rings. The Balaban J connectivity index is 2.07. The minimum Gasteiger partial charge on any atom is -0.338 e. The lowest BCUT2D eigenvalue weighted by Gasteiger charge is -2.02. The van der Waals surface area contributed by atoms with Gasteiger partial charge in [0.1, 0.15) is 5.69 Å². The zero-order valence-corrected chi connectivity index (χ0v) is 12.4. The number of carbonyl (C=O) groups excluding carboxylic acids is 1. The molecule has 0 spiro atoms. The second kappa shape index (κ2) is 6.02. The number of halogens is 1. The highest BCUT2D eigenvalue weighted by Gasteiger charge is 2.10. The van der Waals surface area contributed by atoms with E-state index in [4.69, 9.17) is 4.52 Å². The molecular weight excluding hydrogens is 308 g/mol. The highest BCUT2D eigenvalue weighted by molar-refractivity contribution is 9.10. The molecule has 0 atom stereocenters. The average molecular weight is 323 g/mol. The third kappa shape index (κ3) is 3.92. The number of nitrogens with one attached hydrogen (secondary N) is 1. The fraction of sp³-hybridized carbons (Fsp3) is 0.286. The maximum atomic E-state index is 11.6. The summed E-state index contributed by atoms with van der Waals surface area (Å²) in [5.74, 6) is 0.631. The van der Waals surface area contributed by atoms with E-state index in [1.165, 1.54) is 0 Å². The molecule has 4 nitrogen and oxygen atoms in total. The van der Waals surface area contributed by atoms with Gasteiger partial charge in [0.25, 0.3) is 0 Å². The summed E-state index contributed by atoms with van der Waals surface area (Å²) in [6.07, 6.45) is 0.467. The van der Waals surface area contributed by atoms with E-state index in [1.54, 1.807) is 6.07 Å². The van der Waals surface area contributed by atoms with Gasteiger partial charge in [0.15, 0.2) is 0 Å². The third-order valence-corrected chi connectivity index (χ3v) is 3.04. The first-order valence-corrected chi connectivity index (χ1v) is 6.86.